The monoisotopic (exact) mass is 392 g/mol. The molecule has 29 heavy (non-hydrogen) atoms. The molecule has 5 rings (SSSR count). The van der Waals surface area contributed by atoms with Crippen LogP contribution in [0, 0.1) is 5.92 Å². The number of anilines is 1. The molecule has 2 fully saturated rings. The Morgan fingerprint density at radius 1 is 1.14 bits per heavy atom. The molecule has 2 amide bonds. The molecule has 6 heteroatoms. The molecule has 0 aromatic heterocycles. The molecule has 0 N–H and O–H groups in total. The fourth-order valence-electron chi connectivity index (χ4n) is 4.26. The summed E-state index contributed by atoms with van der Waals surface area (Å²) >= 11 is 0. The molecule has 0 radical (unpaired) electrons. The van der Waals surface area contributed by atoms with Gasteiger partial charge in [0.05, 0.1) is 25.9 Å². The number of hydrogen-bond acceptors (Lipinski definition) is 4. The number of hydrogen-bond donors (Lipinski definition) is 0. The summed E-state index contributed by atoms with van der Waals surface area (Å²) in [4.78, 5) is 30.0. The van der Waals surface area contributed by atoms with Gasteiger partial charge in [-0.05, 0) is 42.7 Å². The van der Waals surface area contributed by atoms with Crippen molar-refractivity contribution in [1.82, 2.24) is 4.90 Å². The first-order valence-corrected chi connectivity index (χ1v) is 10.1. The first-order chi connectivity index (χ1) is 14.1. The Balaban J connectivity index is 1.50. The lowest BCUT2D eigenvalue weighted by Crippen LogP contribution is -2.48. The maximum atomic E-state index is 13.7. The van der Waals surface area contributed by atoms with Crippen molar-refractivity contribution in [3.63, 3.8) is 0 Å². The van der Waals surface area contributed by atoms with Crippen molar-refractivity contribution in [1.29, 1.82) is 0 Å². The molecule has 150 valence electrons. The van der Waals surface area contributed by atoms with Crippen LogP contribution in [0.4, 0.5) is 5.69 Å². The normalized spacial score (nSPS) is 23.1. The maximum absolute atomic E-state index is 13.7. The number of carbonyl (C=O) groups excluding carboxylic acids is 2. The van der Waals surface area contributed by atoms with Crippen molar-refractivity contribution < 1.29 is 19.1 Å². The fourth-order valence-corrected chi connectivity index (χ4v) is 4.26. The minimum absolute atomic E-state index is 0.0342. The Hall–Kier alpha value is -3.02. The Morgan fingerprint density at radius 2 is 1.90 bits per heavy atom. The second-order valence-corrected chi connectivity index (χ2v) is 8.00. The Labute approximate surface area is 170 Å². The number of carbonyl (C=O) groups is 2. The van der Waals surface area contributed by atoms with E-state index < -0.39 is 6.04 Å². The lowest BCUT2D eigenvalue weighted by molar-refractivity contribution is -0.138. The van der Waals surface area contributed by atoms with E-state index in [-0.39, 0.29) is 23.8 Å². The number of likely N-dealkylation sites (tertiary alicyclic amines) is 1. The Morgan fingerprint density at radius 3 is 2.62 bits per heavy atom. The van der Waals surface area contributed by atoms with Crippen LogP contribution < -0.4 is 14.4 Å². The smallest absolute Gasteiger partial charge is 0.250 e. The molecule has 3 aliphatic rings. The number of rotatable bonds is 4. The van der Waals surface area contributed by atoms with E-state index >= 15 is 0 Å². The molecule has 2 aliphatic heterocycles. The van der Waals surface area contributed by atoms with Gasteiger partial charge < -0.3 is 19.3 Å². The Bertz CT molecular complexity index is 938. The van der Waals surface area contributed by atoms with Gasteiger partial charge in [-0.25, -0.2) is 0 Å². The van der Waals surface area contributed by atoms with E-state index in [1.54, 1.807) is 16.9 Å². The van der Waals surface area contributed by atoms with E-state index in [2.05, 4.69) is 0 Å². The van der Waals surface area contributed by atoms with E-state index in [4.69, 9.17) is 9.47 Å². The molecule has 2 aromatic rings. The largest absolute Gasteiger partial charge is 0.497 e. The van der Waals surface area contributed by atoms with Gasteiger partial charge in [-0.15, -0.1) is 0 Å². The van der Waals surface area contributed by atoms with Gasteiger partial charge >= 0.3 is 0 Å². The van der Waals surface area contributed by atoms with Crippen molar-refractivity contribution in [2.45, 2.75) is 38.0 Å². The molecule has 1 aliphatic carbocycles. The van der Waals surface area contributed by atoms with Crippen LogP contribution in [0.3, 0.4) is 0 Å². The maximum Gasteiger partial charge on any atom is 0.250 e. The summed E-state index contributed by atoms with van der Waals surface area (Å²) in [7, 11) is 1.63. The highest BCUT2D eigenvalue weighted by Crippen LogP contribution is 2.39. The van der Waals surface area contributed by atoms with Crippen LogP contribution >= 0.6 is 0 Å². The first-order valence-electron chi connectivity index (χ1n) is 10.1. The van der Waals surface area contributed by atoms with E-state index in [1.165, 1.54) is 0 Å². The molecule has 1 saturated heterocycles. The number of nitrogens with zero attached hydrogens (tertiary/aromatic N) is 2. The lowest BCUT2D eigenvalue weighted by atomic mass is 10.1. The standard InChI is InChI=1S/C23H24N2O4/c1-28-17-10-6-15(7-11-17)13-24-19-4-2-3-5-21(19)29-18-12-20(23(24)27)25(14-18)22(26)16-8-9-16/h2-7,10-11,16,18,20H,8-9,12-14H2,1H3. The number of methoxy groups -OCH3 is 1. The van der Waals surface area contributed by atoms with Crippen LogP contribution in [0.2, 0.25) is 0 Å². The summed E-state index contributed by atoms with van der Waals surface area (Å²) in [5.41, 5.74) is 1.74. The molecule has 6 nitrogen and oxygen atoms in total. The van der Waals surface area contributed by atoms with Gasteiger partial charge in [-0.2, -0.15) is 0 Å². The molecule has 1 saturated carbocycles. The molecule has 2 atom stereocenters. The van der Waals surface area contributed by atoms with Crippen molar-refractivity contribution in [3.8, 4) is 11.5 Å². The molecule has 2 bridgehead atoms. The third kappa shape index (κ3) is 3.33. The van der Waals surface area contributed by atoms with E-state index in [0.717, 1.165) is 29.8 Å². The highest BCUT2D eigenvalue weighted by Gasteiger charge is 2.47. The van der Waals surface area contributed by atoms with Gasteiger partial charge in [0.1, 0.15) is 23.6 Å². The molecular formula is C23H24N2O4. The molecule has 0 spiro atoms. The van der Waals surface area contributed by atoms with Crippen LogP contribution in [0.5, 0.6) is 11.5 Å². The van der Waals surface area contributed by atoms with Crippen molar-refractivity contribution >= 4 is 17.5 Å². The van der Waals surface area contributed by atoms with Crippen LogP contribution in [-0.2, 0) is 16.1 Å². The van der Waals surface area contributed by atoms with Crippen molar-refractivity contribution in [2.75, 3.05) is 18.6 Å². The number of ether oxygens (including phenoxy) is 2. The average Bonchev–Trinajstić information content (AvgIpc) is 3.51. The highest BCUT2D eigenvalue weighted by atomic mass is 16.5. The molecule has 2 unspecified atom stereocenters. The van der Waals surface area contributed by atoms with Crippen LogP contribution in [0.25, 0.3) is 0 Å². The van der Waals surface area contributed by atoms with Gasteiger partial charge in [0.25, 0.3) is 0 Å². The van der Waals surface area contributed by atoms with E-state index in [1.807, 2.05) is 48.5 Å². The number of amides is 2. The highest BCUT2D eigenvalue weighted by molar-refractivity contribution is 6.01. The summed E-state index contributed by atoms with van der Waals surface area (Å²) in [5.74, 6) is 1.62. The zero-order valence-electron chi connectivity index (χ0n) is 16.4. The predicted molar refractivity (Wildman–Crippen MR) is 108 cm³/mol. The fraction of sp³-hybridized carbons (Fsp3) is 0.391. The third-order valence-corrected chi connectivity index (χ3v) is 5.97. The summed E-state index contributed by atoms with van der Waals surface area (Å²) in [6.07, 6.45) is 2.26. The minimum Gasteiger partial charge on any atom is -0.497 e. The predicted octanol–water partition coefficient (Wildman–Crippen LogP) is 3.00. The van der Waals surface area contributed by atoms with Gasteiger partial charge in [-0.3, -0.25) is 9.59 Å². The van der Waals surface area contributed by atoms with Crippen LogP contribution in [-0.4, -0.2) is 42.5 Å². The summed E-state index contributed by atoms with van der Waals surface area (Å²) in [6, 6.07) is 14.9. The first kappa shape index (κ1) is 18.0. The van der Waals surface area contributed by atoms with E-state index in [0.29, 0.717) is 25.3 Å². The molecule has 2 aromatic carbocycles. The number of benzene rings is 2. The minimum atomic E-state index is -0.459. The number of para-hydroxylation sites is 2. The van der Waals surface area contributed by atoms with Gasteiger partial charge in [0, 0.05) is 12.3 Å². The zero-order chi connectivity index (χ0) is 20.0. The van der Waals surface area contributed by atoms with E-state index in [9.17, 15) is 9.59 Å². The van der Waals surface area contributed by atoms with Gasteiger partial charge in [0.15, 0.2) is 0 Å². The second kappa shape index (κ2) is 7.10. The molecule has 2 heterocycles. The van der Waals surface area contributed by atoms with Gasteiger partial charge in [-0.1, -0.05) is 24.3 Å². The third-order valence-electron chi connectivity index (χ3n) is 5.97. The quantitative estimate of drug-likeness (QED) is 0.803. The SMILES string of the molecule is COc1ccc(CN2C(=O)C3CC(CN3C(=O)C3CC3)Oc3ccccc32)cc1. The average molecular weight is 392 g/mol. The topological polar surface area (TPSA) is 59.1 Å². The number of fused-ring (bicyclic) bond motifs is 3. The molecular weight excluding hydrogens is 368 g/mol. The van der Waals surface area contributed by atoms with Crippen molar-refractivity contribution in [2.24, 2.45) is 5.92 Å². The van der Waals surface area contributed by atoms with Crippen molar-refractivity contribution in [3.05, 3.63) is 54.1 Å². The van der Waals surface area contributed by atoms with Gasteiger partial charge in [0.2, 0.25) is 11.8 Å². The Kier molecular flexibility index (Phi) is 4.42. The van der Waals surface area contributed by atoms with Crippen LogP contribution in [0.1, 0.15) is 24.8 Å². The summed E-state index contributed by atoms with van der Waals surface area (Å²) < 4.78 is 11.5. The lowest BCUT2D eigenvalue weighted by Gasteiger charge is -2.32. The van der Waals surface area contributed by atoms with Crippen LogP contribution in [0.15, 0.2) is 48.5 Å². The zero-order valence-corrected chi connectivity index (χ0v) is 16.4. The summed E-state index contributed by atoms with van der Waals surface area (Å²) in [5, 5.41) is 0. The second-order valence-electron chi connectivity index (χ2n) is 8.00. The summed E-state index contributed by atoms with van der Waals surface area (Å²) in [6.45, 7) is 0.895.